The van der Waals surface area contributed by atoms with E-state index in [-0.39, 0.29) is 46.8 Å². The number of hydrogen-bond acceptors (Lipinski definition) is 7. The summed E-state index contributed by atoms with van der Waals surface area (Å²) < 4.78 is 15.5. The fourth-order valence-electron chi connectivity index (χ4n) is 4.08. The number of halogens is 2. The van der Waals surface area contributed by atoms with Crippen LogP contribution < -0.4 is 16.2 Å². The van der Waals surface area contributed by atoms with Gasteiger partial charge in [-0.05, 0) is 38.1 Å². The topological polar surface area (TPSA) is 144 Å². The Kier molecular flexibility index (Phi) is 6.36. The van der Waals surface area contributed by atoms with E-state index < -0.39 is 35.6 Å². The van der Waals surface area contributed by atoms with Crippen LogP contribution in [-0.2, 0) is 17.9 Å². The third-order valence-corrected chi connectivity index (χ3v) is 6.11. The van der Waals surface area contributed by atoms with Crippen LogP contribution in [0.4, 0.5) is 16.0 Å². The van der Waals surface area contributed by atoms with Crippen molar-refractivity contribution in [1.29, 1.82) is 0 Å². The van der Waals surface area contributed by atoms with Crippen LogP contribution in [0.2, 0.25) is 5.02 Å². The van der Waals surface area contributed by atoms with Gasteiger partial charge in [-0.3, -0.25) is 19.2 Å². The minimum absolute atomic E-state index is 0.0256. The van der Waals surface area contributed by atoms with E-state index in [2.05, 4.69) is 25.7 Å². The molecule has 194 valence electrons. The number of carbonyl (C=O) groups excluding carboxylic acids is 3. The molecule has 0 saturated carbocycles. The number of pyridine rings is 2. The van der Waals surface area contributed by atoms with Gasteiger partial charge < -0.3 is 20.1 Å². The van der Waals surface area contributed by atoms with Crippen molar-refractivity contribution < 1.29 is 18.8 Å². The smallest absolute Gasteiger partial charge is 0.280 e. The lowest BCUT2D eigenvalue weighted by Crippen LogP contribution is -2.32. The Labute approximate surface area is 219 Å². The lowest BCUT2D eigenvalue weighted by atomic mass is 10.2. The monoisotopic (exact) mass is 538 g/mol. The van der Waals surface area contributed by atoms with Gasteiger partial charge in [-0.25, -0.2) is 14.4 Å². The molecular weight excluding hydrogens is 519 g/mol. The number of amides is 3. The Morgan fingerprint density at radius 2 is 1.79 bits per heavy atom. The molecule has 38 heavy (non-hydrogen) atoms. The van der Waals surface area contributed by atoms with E-state index in [4.69, 9.17) is 11.6 Å². The molecule has 4 aromatic rings. The highest BCUT2D eigenvalue weighted by Gasteiger charge is 2.36. The normalized spacial score (nSPS) is 12.8. The Morgan fingerprint density at radius 1 is 1.08 bits per heavy atom. The van der Waals surface area contributed by atoms with Crippen molar-refractivity contribution in [3.8, 4) is 0 Å². The maximum Gasteiger partial charge on any atom is 0.280 e. The molecule has 5 rings (SSSR count). The fraction of sp³-hybridized carbons (Fsp3) is 0.208. The van der Waals surface area contributed by atoms with Crippen molar-refractivity contribution in [1.82, 2.24) is 29.0 Å². The molecule has 2 N–H and O–H groups in total. The number of hydrogen-bond donors (Lipinski definition) is 2. The first-order chi connectivity index (χ1) is 18.1. The van der Waals surface area contributed by atoms with Crippen LogP contribution in [0.15, 0.2) is 47.5 Å². The third kappa shape index (κ3) is 4.59. The Morgan fingerprint density at radius 3 is 2.45 bits per heavy atom. The molecule has 0 fully saturated rings. The highest BCUT2D eigenvalue weighted by molar-refractivity contribution is 6.30. The maximum atomic E-state index is 13.3. The van der Waals surface area contributed by atoms with Crippen LogP contribution in [0.25, 0.3) is 5.65 Å². The number of fused-ring (bicyclic) bond motifs is 2. The minimum Gasteiger partial charge on any atom is -0.330 e. The van der Waals surface area contributed by atoms with E-state index in [1.165, 1.54) is 33.9 Å². The zero-order valence-electron chi connectivity index (χ0n) is 20.1. The summed E-state index contributed by atoms with van der Waals surface area (Å²) in [6.07, 6.45) is 2.31. The first-order valence-electron chi connectivity index (χ1n) is 11.4. The molecule has 3 amide bonds. The zero-order valence-corrected chi connectivity index (χ0v) is 20.9. The molecule has 4 aromatic heterocycles. The molecule has 5 heterocycles. The number of anilines is 2. The van der Waals surface area contributed by atoms with Crippen molar-refractivity contribution >= 4 is 46.6 Å². The molecule has 0 bridgehead atoms. The van der Waals surface area contributed by atoms with Gasteiger partial charge in [-0.2, -0.15) is 9.61 Å². The Bertz CT molecular complexity index is 1650. The van der Waals surface area contributed by atoms with E-state index in [0.29, 0.717) is 5.02 Å². The van der Waals surface area contributed by atoms with Crippen molar-refractivity contribution in [2.24, 2.45) is 0 Å². The maximum absolute atomic E-state index is 13.3. The van der Waals surface area contributed by atoms with Gasteiger partial charge in [-0.15, -0.1) is 0 Å². The van der Waals surface area contributed by atoms with Gasteiger partial charge in [0.05, 0.1) is 23.3 Å². The van der Waals surface area contributed by atoms with Gasteiger partial charge in [0.15, 0.2) is 5.69 Å². The second-order valence-electron chi connectivity index (χ2n) is 8.77. The summed E-state index contributed by atoms with van der Waals surface area (Å²) in [5.41, 5.74) is -0.468. The number of nitrogens with one attached hydrogen (secondary N) is 2. The van der Waals surface area contributed by atoms with Crippen LogP contribution >= 0.6 is 11.6 Å². The number of rotatable bonds is 6. The van der Waals surface area contributed by atoms with Gasteiger partial charge in [0, 0.05) is 18.3 Å². The lowest BCUT2D eigenvalue weighted by Gasteiger charge is -2.20. The van der Waals surface area contributed by atoms with E-state index in [0.717, 1.165) is 16.8 Å². The molecule has 1 aliphatic rings. The van der Waals surface area contributed by atoms with Gasteiger partial charge >= 0.3 is 0 Å². The molecule has 0 radical (unpaired) electrons. The summed E-state index contributed by atoms with van der Waals surface area (Å²) >= 11 is 5.83. The molecule has 12 nitrogen and oxygen atoms in total. The van der Waals surface area contributed by atoms with Crippen molar-refractivity contribution in [3.63, 3.8) is 0 Å². The Hall–Kier alpha value is -4.65. The van der Waals surface area contributed by atoms with Crippen molar-refractivity contribution in [2.45, 2.75) is 33.0 Å². The van der Waals surface area contributed by atoms with E-state index in [9.17, 15) is 23.6 Å². The molecule has 0 spiro atoms. The van der Waals surface area contributed by atoms with Gasteiger partial charge in [0.1, 0.15) is 35.3 Å². The lowest BCUT2D eigenvalue weighted by molar-refractivity contribution is -0.116. The van der Waals surface area contributed by atoms with Crippen molar-refractivity contribution in [2.75, 3.05) is 10.6 Å². The largest absolute Gasteiger partial charge is 0.330 e. The zero-order chi connectivity index (χ0) is 27.1. The summed E-state index contributed by atoms with van der Waals surface area (Å²) in [6.45, 7) is 3.24. The molecule has 0 unspecified atom stereocenters. The average molecular weight is 539 g/mol. The standard InChI is InChI=1S/C24H20ClFN8O4/c1-12(2)32-10-15-21(24(32)38)33(11-19(35)29-17-6-4-14(26)9-28-17)20-7-16(31-34(20)23(15)37)22(36)30-18-5-3-13(25)8-27-18/h3-9,12H,10-11H2,1-2H3,(H,27,30,36)(H,28,29,35). The first-order valence-corrected chi connectivity index (χ1v) is 11.8. The van der Waals surface area contributed by atoms with Crippen LogP contribution in [-0.4, -0.2) is 52.8 Å². The van der Waals surface area contributed by atoms with Gasteiger partial charge in [0.2, 0.25) is 5.91 Å². The summed E-state index contributed by atoms with van der Waals surface area (Å²) in [7, 11) is 0. The molecule has 1 aliphatic heterocycles. The SMILES string of the molecule is CC(C)N1Cc2c(n(CC(=O)Nc3ccc(F)cn3)c3cc(C(=O)Nc4ccc(Cl)cn4)nn3c2=O)C1=O. The van der Waals surface area contributed by atoms with Crippen molar-refractivity contribution in [3.05, 3.63) is 80.9 Å². The van der Waals surface area contributed by atoms with E-state index in [1.54, 1.807) is 6.07 Å². The predicted molar refractivity (Wildman–Crippen MR) is 134 cm³/mol. The van der Waals surface area contributed by atoms with E-state index in [1.807, 2.05) is 13.8 Å². The summed E-state index contributed by atoms with van der Waals surface area (Å²) in [5, 5.41) is 9.64. The number of aromatic nitrogens is 5. The molecular formula is C24H20ClFN8O4. The fourth-order valence-corrected chi connectivity index (χ4v) is 4.19. The quantitative estimate of drug-likeness (QED) is 0.383. The third-order valence-electron chi connectivity index (χ3n) is 5.89. The molecule has 0 aliphatic carbocycles. The molecule has 14 heteroatoms. The second kappa shape index (κ2) is 9.67. The second-order valence-corrected chi connectivity index (χ2v) is 9.21. The van der Waals surface area contributed by atoms with Crippen LogP contribution in [0.5, 0.6) is 0 Å². The van der Waals surface area contributed by atoms with Crippen LogP contribution in [0.1, 0.15) is 40.4 Å². The molecule has 0 aromatic carbocycles. The number of carbonyl (C=O) groups is 3. The van der Waals surface area contributed by atoms with Gasteiger partial charge in [0.25, 0.3) is 17.4 Å². The van der Waals surface area contributed by atoms with Gasteiger partial charge in [-0.1, -0.05) is 11.6 Å². The number of nitrogens with zero attached hydrogens (tertiary/aromatic N) is 6. The molecule has 0 atom stereocenters. The average Bonchev–Trinajstić information content (AvgIpc) is 3.47. The van der Waals surface area contributed by atoms with E-state index >= 15 is 0 Å². The minimum atomic E-state index is -0.662. The van der Waals surface area contributed by atoms with Crippen LogP contribution in [0, 0.1) is 5.82 Å². The highest BCUT2D eigenvalue weighted by atomic mass is 35.5. The summed E-state index contributed by atoms with van der Waals surface area (Å²) in [6, 6.07) is 6.57. The predicted octanol–water partition coefficient (Wildman–Crippen LogP) is 2.33. The molecule has 0 saturated heterocycles. The summed E-state index contributed by atoms with van der Waals surface area (Å²) in [4.78, 5) is 61.7. The van der Waals surface area contributed by atoms with Crippen LogP contribution in [0.3, 0.4) is 0 Å². The highest BCUT2D eigenvalue weighted by Crippen LogP contribution is 2.24. The summed E-state index contributed by atoms with van der Waals surface area (Å²) in [5.74, 6) is -1.94. The Balaban J connectivity index is 1.56. The first kappa shape index (κ1) is 25.0.